The van der Waals surface area contributed by atoms with Gasteiger partial charge in [0.1, 0.15) is 0 Å². The van der Waals surface area contributed by atoms with Crippen molar-refractivity contribution in [3.05, 3.63) is 0 Å². The zero-order valence-electron chi connectivity index (χ0n) is 12.9. The number of rotatable bonds is 6. The molecule has 0 aromatic carbocycles. The van der Waals surface area contributed by atoms with Gasteiger partial charge in [0, 0.05) is 20.6 Å². The predicted molar refractivity (Wildman–Crippen MR) is 76.5 cm³/mol. The van der Waals surface area contributed by atoms with E-state index in [-0.39, 0.29) is 18.4 Å². The highest BCUT2D eigenvalue weighted by atomic mass is 16.5. The van der Waals surface area contributed by atoms with Gasteiger partial charge >= 0.3 is 5.97 Å². The highest BCUT2D eigenvalue weighted by Gasteiger charge is 2.41. The van der Waals surface area contributed by atoms with E-state index in [2.05, 4.69) is 0 Å². The summed E-state index contributed by atoms with van der Waals surface area (Å²) < 4.78 is 5.05. The smallest absolute Gasteiger partial charge is 0.310 e. The van der Waals surface area contributed by atoms with Gasteiger partial charge in [-0.25, -0.2) is 0 Å². The highest BCUT2D eigenvalue weighted by Crippen LogP contribution is 2.39. The average molecular weight is 285 g/mol. The van der Waals surface area contributed by atoms with Gasteiger partial charge in [-0.1, -0.05) is 25.7 Å². The Labute approximate surface area is 121 Å². The van der Waals surface area contributed by atoms with Gasteiger partial charge in [0.15, 0.2) is 0 Å². The molecular weight excluding hydrogens is 258 g/mol. The van der Waals surface area contributed by atoms with Crippen LogP contribution in [0.4, 0.5) is 0 Å². The van der Waals surface area contributed by atoms with E-state index in [0.717, 1.165) is 25.7 Å². The predicted octanol–water partition coefficient (Wildman–Crippen LogP) is 2.29. The fraction of sp³-hybridized carbons (Fsp3) is 0.867. The number of aliphatic carboxylic acids is 1. The number of ether oxygens (including phenoxy) is 1. The summed E-state index contributed by atoms with van der Waals surface area (Å²) in [6.07, 6.45) is 5.26. The van der Waals surface area contributed by atoms with E-state index in [9.17, 15) is 14.7 Å². The van der Waals surface area contributed by atoms with Crippen LogP contribution in [-0.4, -0.2) is 48.7 Å². The zero-order chi connectivity index (χ0) is 15.2. The van der Waals surface area contributed by atoms with E-state index in [0.29, 0.717) is 19.4 Å². The monoisotopic (exact) mass is 285 g/mol. The molecule has 0 heterocycles. The molecule has 0 spiro atoms. The summed E-state index contributed by atoms with van der Waals surface area (Å²) in [5, 5.41) is 9.59. The van der Waals surface area contributed by atoms with Crippen molar-refractivity contribution in [1.82, 2.24) is 4.90 Å². The highest BCUT2D eigenvalue weighted by molar-refractivity contribution is 5.85. The Balaban J connectivity index is 2.74. The van der Waals surface area contributed by atoms with Gasteiger partial charge in [0.2, 0.25) is 5.91 Å². The number of likely N-dealkylation sites (N-methyl/N-ethyl adjacent to an activating group) is 1. The number of nitrogens with zero attached hydrogens (tertiary/aromatic N) is 1. The SMILES string of the molecule is COCC(C)N(C)C(=O)CC1(C(=O)O)CCCCCC1. The quantitative estimate of drug-likeness (QED) is 0.760. The molecular formula is C15H27NO4. The lowest BCUT2D eigenvalue weighted by Gasteiger charge is -2.31. The van der Waals surface area contributed by atoms with Gasteiger partial charge in [0.05, 0.1) is 18.1 Å². The molecule has 1 atom stereocenters. The van der Waals surface area contributed by atoms with Gasteiger partial charge in [-0.3, -0.25) is 9.59 Å². The Morgan fingerprint density at radius 3 is 2.25 bits per heavy atom. The lowest BCUT2D eigenvalue weighted by molar-refractivity contribution is -0.155. The van der Waals surface area contributed by atoms with Crippen LogP contribution >= 0.6 is 0 Å². The van der Waals surface area contributed by atoms with E-state index in [1.807, 2.05) is 6.92 Å². The number of carbonyl (C=O) groups is 2. The second-order valence-electron chi connectivity index (χ2n) is 5.99. The van der Waals surface area contributed by atoms with Gasteiger partial charge in [-0.15, -0.1) is 0 Å². The molecule has 1 saturated carbocycles. The first kappa shape index (κ1) is 17.0. The van der Waals surface area contributed by atoms with Crippen molar-refractivity contribution in [1.29, 1.82) is 0 Å². The molecule has 1 aliphatic rings. The van der Waals surface area contributed by atoms with Crippen molar-refractivity contribution in [2.24, 2.45) is 5.41 Å². The summed E-state index contributed by atoms with van der Waals surface area (Å²) >= 11 is 0. The Morgan fingerprint density at radius 2 is 1.80 bits per heavy atom. The molecule has 116 valence electrons. The Kier molecular flexibility index (Phi) is 6.46. The molecule has 1 N–H and O–H groups in total. The number of hydrogen-bond donors (Lipinski definition) is 1. The number of methoxy groups -OCH3 is 1. The van der Waals surface area contributed by atoms with Crippen molar-refractivity contribution < 1.29 is 19.4 Å². The van der Waals surface area contributed by atoms with Crippen molar-refractivity contribution in [3.63, 3.8) is 0 Å². The van der Waals surface area contributed by atoms with Crippen molar-refractivity contribution >= 4 is 11.9 Å². The van der Waals surface area contributed by atoms with Crippen LogP contribution in [0.1, 0.15) is 51.9 Å². The number of amides is 1. The molecule has 1 rings (SSSR count). The van der Waals surface area contributed by atoms with Crippen LogP contribution in [0.2, 0.25) is 0 Å². The van der Waals surface area contributed by atoms with Gasteiger partial charge in [-0.2, -0.15) is 0 Å². The van der Waals surface area contributed by atoms with Gasteiger partial charge in [-0.05, 0) is 19.8 Å². The minimum Gasteiger partial charge on any atom is -0.481 e. The number of carboxylic acid groups (broad SMARTS) is 1. The topological polar surface area (TPSA) is 66.8 Å². The second-order valence-corrected chi connectivity index (χ2v) is 5.99. The van der Waals surface area contributed by atoms with E-state index >= 15 is 0 Å². The third kappa shape index (κ3) is 4.20. The molecule has 0 aliphatic heterocycles. The van der Waals surface area contributed by atoms with Crippen molar-refractivity contribution in [2.75, 3.05) is 20.8 Å². The van der Waals surface area contributed by atoms with Crippen LogP contribution < -0.4 is 0 Å². The Bertz CT molecular complexity index is 335. The zero-order valence-corrected chi connectivity index (χ0v) is 12.9. The molecule has 0 aromatic rings. The fourth-order valence-electron chi connectivity index (χ4n) is 2.88. The fourth-order valence-corrected chi connectivity index (χ4v) is 2.88. The van der Waals surface area contributed by atoms with E-state index < -0.39 is 11.4 Å². The first-order valence-corrected chi connectivity index (χ1v) is 7.41. The first-order valence-electron chi connectivity index (χ1n) is 7.41. The van der Waals surface area contributed by atoms with Gasteiger partial charge < -0.3 is 14.7 Å². The molecule has 5 heteroatoms. The minimum absolute atomic E-state index is 0.0378. The standard InChI is InChI=1S/C15H27NO4/c1-12(11-20-3)16(2)13(17)10-15(14(18)19)8-6-4-5-7-9-15/h12H,4-11H2,1-3H3,(H,18,19). The molecule has 20 heavy (non-hydrogen) atoms. The Morgan fingerprint density at radius 1 is 1.25 bits per heavy atom. The summed E-state index contributed by atoms with van der Waals surface area (Å²) in [5.41, 5.74) is -0.866. The molecule has 1 fully saturated rings. The van der Waals surface area contributed by atoms with Crippen LogP contribution in [0.3, 0.4) is 0 Å². The molecule has 5 nitrogen and oxygen atoms in total. The normalized spacial score (nSPS) is 19.9. The van der Waals surface area contributed by atoms with E-state index in [1.54, 1.807) is 19.1 Å². The first-order chi connectivity index (χ1) is 9.43. The number of hydrogen-bond acceptors (Lipinski definition) is 3. The van der Waals surface area contributed by atoms with E-state index in [1.165, 1.54) is 0 Å². The molecule has 0 saturated heterocycles. The second kappa shape index (κ2) is 7.62. The summed E-state index contributed by atoms with van der Waals surface area (Å²) in [5.74, 6) is -0.917. The molecule has 0 bridgehead atoms. The van der Waals surface area contributed by atoms with Crippen LogP contribution in [0, 0.1) is 5.41 Å². The maximum atomic E-state index is 12.4. The van der Waals surface area contributed by atoms with Crippen LogP contribution in [0.15, 0.2) is 0 Å². The maximum absolute atomic E-state index is 12.4. The summed E-state index contributed by atoms with van der Waals surface area (Å²) in [7, 11) is 3.32. The number of carbonyl (C=O) groups excluding carboxylic acids is 1. The lowest BCUT2D eigenvalue weighted by atomic mass is 9.77. The minimum atomic E-state index is -0.866. The summed E-state index contributed by atoms with van der Waals surface area (Å²) in [4.78, 5) is 25.7. The summed E-state index contributed by atoms with van der Waals surface area (Å²) in [6.45, 7) is 2.37. The third-order valence-corrected chi connectivity index (χ3v) is 4.47. The molecule has 0 aromatic heterocycles. The molecule has 1 aliphatic carbocycles. The van der Waals surface area contributed by atoms with Crippen LogP contribution in [0.5, 0.6) is 0 Å². The molecule has 1 unspecified atom stereocenters. The van der Waals surface area contributed by atoms with Crippen LogP contribution in [-0.2, 0) is 14.3 Å². The van der Waals surface area contributed by atoms with Crippen LogP contribution in [0.25, 0.3) is 0 Å². The van der Waals surface area contributed by atoms with E-state index in [4.69, 9.17) is 4.74 Å². The largest absolute Gasteiger partial charge is 0.481 e. The Hall–Kier alpha value is -1.10. The maximum Gasteiger partial charge on any atom is 0.310 e. The molecule has 1 amide bonds. The molecule has 0 radical (unpaired) electrons. The van der Waals surface area contributed by atoms with Crippen molar-refractivity contribution in [3.8, 4) is 0 Å². The average Bonchev–Trinajstić information content (AvgIpc) is 2.64. The third-order valence-electron chi connectivity index (χ3n) is 4.47. The van der Waals surface area contributed by atoms with Gasteiger partial charge in [0.25, 0.3) is 0 Å². The number of carboxylic acids is 1. The lowest BCUT2D eigenvalue weighted by Crippen LogP contribution is -2.42. The van der Waals surface area contributed by atoms with Crippen molar-refractivity contribution in [2.45, 2.75) is 57.9 Å². The summed E-state index contributed by atoms with van der Waals surface area (Å²) in [6, 6.07) is -0.0378.